The van der Waals surface area contributed by atoms with Gasteiger partial charge in [0.25, 0.3) is 0 Å². The van der Waals surface area contributed by atoms with Gasteiger partial charge < -0.3 is 9.64 Å². The Hall–Kier alpha value is -0.120. The van der Waals surface area contributed by atoms with Gasteiger partial charge in [0.15, 0.2) is 0 Å². The van der Waals surface area contributed by atoms with E-state index < -0.39 is 0 Å². The molecule has 0 bridgehead atoms. The van der Waals surface area contributed by atoms with Crippen LogP contribution in [0.15, 0.2) is 0 Å². The third-order valence-corrected chi connectivity index (χ3v) is 3.79. The molecular weight excluding hydrogens is 200 g/mol. The predicted octanol–water partition coefficient (Wildman–Crippen LogP) is 1.83. The van der Waals surface area contributed by atoms with Crippen LogP contribution >= 0.6 is 0 Å². The predicted molar refractivity (Wildman–Crippen MR) is 66.4 cm³/mol. The SMILES string of the molecule is CCN1CCCC(CC2NC(C)(C)CO2)C1. The number of nitrogens with zero attached hydrogens (tertiary/aromatic N) is 1. The Bertz CT molecular complexity index is 230. The highest BCUT2D eigenvalue weighted by molar-refractivity contribution is 4.86. The molecule has 0 amide bonds. The Morgan fingerprint density at radius 2 is 2.25 bits per heavy atom. The van der Waals surface area contributed by atoms with Gasteiger partial charge in [-0.2, -0.15) is 0 Å². The van der Waals surface area contributed by atoms with Crippen LogP contribution in [0.5, 0.6) is 0 Å². The van der Waals surface area contributed by atoms with Crippen LogP contribution in [-0.4, -0.2) is 42.9 Å². The summed E-state index contributed by atoms with van der Waals surface area (Å²) in [4.78, 5) is 2.56. The molecule has 0 aromatic rings. The van der Waals surface area contributed by atoms with E-state index in [9.17, 15) is 0 Å². The largest absolute Gasteiger partial charge is 0.361 e. The lowest BCUT2D eigenvalue weighted by Gasteiger charge is -2.33. The minimum absolute atomic E-state index is 0.170. The third kappa shape index (κ3) is 3.19. The summed E-state index contributed by atoms with van der Waals surface area (Å²) in [5, 5.41) is 3.57. The van der Waals surface area contributed by atoms with E-state index in [0.717, 1.165) is 12.5 Å². The van der Waals surface area contributed by atoms with E-state index in [1.165, 1.54) is 38.9 Å². The summed E-state index contributed by atoms with van der Waals surface area (Å²) in [6.45, 7) is 11.3. The summed E-state index contributed by atoms with van der Waals surface area (Å²) in [5.41, 5.74) is 0.170. The third-order valence-electron chi connectivity index (χ3n) is 3.79. The van der Waals surface area contributed by atoms with Crippen LogP contribution in [0.25, 0.3) is 0 Å². The van der Waals surface area contributed by atoms with Crippen LogP contribution < -0.4 is 5.32 Å². The molecular formula is C13H26N2O. The second kappa shape index (κ2) is 5.03. The molecule has 2 rings (SSSR count). The van der Waals surface area contributed by atoms with Crippen LogP contribution in [0.3, 0.4) is 0 Å². The van der Waals surface area contributed by atoms with Crippen molar-refractivity contribution in [3.05, 3.63) is 0 Å². The van der Waals surface area contributed by atoms with E-state index in [-0.39, 0.29) is 11.8 Å². The minimum Gasteiger partial charge on any atom is -0.361 e. The Kier molecular flexibility index (Phi) is 3.88. The van der Waals surface area contributed by atoms with Crippen molar-refractivity contribution in [3.8, 4) is 0 Å². The van der Waals surface area contributed by atoms with Gasteiger partial charge in [0, 0.05) is 12.1 Å². The smallest absolute Gasteiger partial charge is 0.109 e. The Morgan fingerprint density at radius 3 is 2.88 bits per heavy atom. The number of hydrogen-bond acceptors (Lipinski definition) is 3. The van der Waals surface area contributed by atoms with Crippen molar-refractivity contribution in [2.45, 2.75) is 51.8 Å². The van der Waals surface area contributed by atoms with Gasteiger partial charge in [-0.3, -0.25) is 5.32 Å². The summed E-state index contributed by atoms with van der Waals surface area (Å²) in [5.74, 6) is 0.820. The van der Waals surface area contributed by atoms with E-state index in [2.05, 4.69) is 31.0 Å². The Labute approximate surface area is 99.5 Å². The van der Waals surface area contributed by atoms with Gasteiger partial charge in [-0.1, -0.05) is 6.92 Å². The normalized spacial score (nSPS) is 35.4. The van der Waals surface area contributed by atoms with Gasteiger partial charge in [-0.25, -0.2) is 0 Å². The molecule has 2 heterocycles. The van der Waals surface area contributed by atoms with Gasteiger partial charge in [0.05, 0.1) is 6.61 Å². The van der Waals surface area contributed by atoms with E-state index >= 15 is 0 Å². The van der Waals surface area contributed by atoms with Gasteiger partial charge in [0.1, 0.15) is 6.23 Å². The molecule has 2 fully saturated rings. The first kappa shape index (κ1) is 12.3. The fourth-order valence-corrected chi connectivity index (χ4v) is 2.89. The Balaban J connectivity index is 1.77. The molecule has 0 spiro atoms. The summed E-state index contributed by atoms with van der Waals surface area (Å²) < 4.78 is 5.81. The standard InChI is InChI=1S/C13H26N2O/c1-4-15-7-5-6-11(9-15)8-12-14-13(2,3)10-16-12/h11-12,14H,4-10H2,1-3H3. The summed E-state index contributed by atoms with van der Waals surface area (Å²) in [6.07, 6.45) is 4.20. The average molecular weight is 226 g/mol. The molecule has 2 unspecified atom stereocenters. The van der Waals surface area contributed by atoms with Crippen molar-refractivity contribution >= 4 is 0 Å². The molecule has 3 nitrogen and oxygen atoms in total. The van der Waals surface area contributed by atoms with Crippen LogP contribution in [-0.2, 0) is 4.74 Å². The molecule has 0 aromatic heterocycles. The number of ether oxygens (including phenoxy) is 1. The topological polar surface area (TPSA) is 24.5 Å². The Morgan fingerprint density at radius 1 is 1.44 bits per heavy atom. The molecule has 0 aromatic carbocycles. The zero-order valence-electron chi connectivity index (χ0n) is 11.0. The van der Waals surface area contributed by atoms with Crippen molar-refractivity contribution in [1.29, 1.82) is 0 Å². The second-order valence-electron chi connectivity index (χ2n) is 5.97. The molecule has 2 aliphatic rings. The lowest BCUT2D eigenvalue weighted by Crippen LogP contribution is -2.42. The lowest BCUT2D eigenvalue weighted by molar-refractivity contribution is 0.0603. The van der Waals surface area contributed by atoms with Crippen molar-refractivity contribution in [1.82, 2.24) is 10.2 Å². The van der Waals surface area contributed by atoms with E-state index in [1.54, 1.807) is 0 Å². The van der Waals surface area contributed by atoms with Gasteiger partial charge in [-0.15, -0.1) is 0 Å². The number of hydrogen-bond donors (Lipinski definition) is 1. The lowest BCUT2D eigenvalue weighted by atomic mass is 9.94. The molecule has 94 valence electrons. The molecule has 0 saturated carbocycles. The van der Waals surface area contributed by atoms with E-state index in [0.29, 0.717) is 0 Å². The first-order chi connectivity index (χ1) is 7.59. The second-order valence-corrected chi connectivity index (χ2v) is 5.97. The fourth-order valence-electron chi connectivity index (χ4n) is 2.89. The molecule has 2 atom stereocenters. The zero-order chi connectivity index (χ0) is 11.6. The molecule has 2 aliphatic heterocycles. The van der Waals surface area contributed by atoms with Crippen LogP contribution in [0, 0.1) is 5.92 Å². The number of rotatable bonds is 3. The molecule has 0 radical (unpaired) electrons. The molecule has 2 saturated heterocycles. The minimum atomic E-state index is 0.170. The highest BCUT2D eigenvalue weighted by Gasteiger charge is 2.33. The summed E-state index contributed by atoms with van der Waals surface area (Å²) in [6, 6.07) is 0. The van der Waals surface area contributed by atoms with Crippen molar-refractivity contribution in [3.63, 3.8) is 0 Å². The zero-order valence-corrected chi connectivity index (χ0v) is 11.0. The summed E-state index contributed by atoms with van der Waals surface area (Å²) in [7, 11) is 0. The molecule has 3 heteroatoms. The maximum absolute atomic E-state index is 5.81. The van der Waals surface area contributed by atoms with Crippen molar-refractivity contribution in [2.75, 3.05) is 26.2 Å². The average Bonchev–Trinajstić information content (AvgIpc) is 2.58. The van der Waals surface area contributed by atoms with Crippen LogP contribution in [0.4, 0.5) is 0 Å². The maximum atomic E-state index is 5.81. The number of likely N-dealkylation sites (tertiary alicyclic amines) is 1. The van der Waals surface area contributed by atoms with E-state index in [1.807, 2.05) is 0 Å². The summed E-state index contributed by atoms with van der Waals surface area (Å²) >= 11 is 0. The van der Waals surface area contributed by atoms with Gasteiger partial charge in [-0.05, 0) is 52.1 Å². The quantitative estimate of drug-likeness (QED) is 0.794. The number of nitrogens with one attached hydrogen (secondary N) is 1. The van der Waals surface area contributed by atoms with Crippen molar-refractivity contribution < 1.29 is 4.74 Å². The van der Waals surface area contributed by atoms with Gasteiger partial charge >= 0.3 is 0 Å². The fraction of sp³-hybridized carbons (Fsp3) is 1.00. The van der Waals surface area contributed by atoms with Crippen LogP contribution in [0.2, 0.25) is 0 Å². The monoisotopic (exact) mass is 226 g/mol. The number of piperidine rings is 1. The maximum Gasteiger partial charge on any atom is 0.109 e. The first-order valence-corrected chi connectivity index (χ1v) is 6.71. The van der Waals surface area contributed by atoms with Crippen molar-refractivity contribution in [2.24, 2.45) is 5.92 Å². The molecule has 0 aliphatic carbocycles. The highest BCUT2D eigenvalue weighted by Crippen LogP contribution is 2.25. The molecule has 16 heavy (non-hydrogen) atoms. The van der Waals surface area contributed by atoms with Crippen LogP contribution in [0.1, 0.15) is 40.0 Å². The highest BCUT2D eigenvalue weighted by atomic mass is 16.5. The van der Waals surface area contributed by atoms with Gasteiger partial charge in [0.2, 0.25) is 0 Å². The molecule has 1 N–H and O–H groups in total. The first-order valence-electron chi connectivity index (χ1n) is 6.71. The van der Waals surface area contributed by atoms with E-state index in [4.69, 9.17) is 4.74 Å².